The Hall–Kier alpha value is -3.84. The predicted octanol–water partition coefficient (Wildman–Crippen LogP) is 1.23. The average molecular weight is 382 g/mol. The maximum absolute atomic E-state index is 12.7. The number of carbonyl (C=O) groups is 1. The molecule has 0 aliphatic heterocycles. The monoisotopic (exact) mass is 382 g/mol. The first kappa shape index (κ1) is 18.0. The van der Waals surface area contributed by atoms with Crippen LogP contribution in [0.4, 0.5) is 11.5 Å². The van der Waals surface area contributed by atoms with Crippen LogP contribution in [0, 0.1) is 11.3 Å². The van der Waals surface area contributed by atoms with Gasteiger partial charge in [0.2, 0.25) is 5.91 Å². The van der Waals surface area contributed by atoms with Gasteiger partial charge < -0.3 is 11.5 Å². The van der Waals surface area contributed by atoms with Crippen LogP contribution in [0.2, 0.25) is 0 Å². The molecule has 9 nitrogen and oxygen atoms in total. The highest BCUT2D eigenvalue weighted by molar-refractivity contribution is 7.92. The molecule has 0 unspecified atom stereocenters. The van der Waals surface area contributed by atoms with Crippen molar-refractivity contribution in [1.82, 2.24) is 9.78 Å². The molecule has 0 saturated heterocycles. The van der Waals surface area contributed by atoms with E-state index in [1.165, 1.54) is 41.2 Å². The van der Waals surface area contributed by atoms with E-state index in [0.717, 1.165) is 0 Å². The van der Waals surface area contributed by atoms with Crippen molar-refractivity contribution in [3.8, 4) is 11.8 Å². The molecule has 5 N–H and O–H groups in total. The van der Waals surface area contributed by atoms with Crippen LogP contribution in [0.3, 0.4) is 0 Å². The highest BCUT2D eigenvalue weighted by atomic mass is 32.2. The number of rotatable bonds is 5. The van der Waals surface area contributed by atoms with Gasteiger partial charge in [-0.15, -0.1) is 0 Å². The summed E-state index contributed by atoms with van der Waals surface area (Å²) in [5, 5.41) is 13.1. The van der Waals surface area contributed by atoms with Crippen LogP contribution in [0.15, 0.2) is 59.6 Å². The van der Waals surface area contributed by atoms with Gasteiger partial charge >= 0.3 is 0 Å². The molecule has 27 heavy (non-hydrogen) atoms. The molecule has 3 rings (SSSR count). The first-order chi connectivity index (χ1) is 12.8. The van der Waals surface area contributed by atoms with Crippen molar-refractivity contribution in [2.45, 2.75) is 4.90 Å². The topological polar surface area (TPSA) is 157 Å². The number of benzene rings is 2. The zero-order valence-corrected chi connectivity index (χ0v) is 14.6. The van der Waals surface area contributed by atoms with E-state index in [-0.39, 0.29) is 27.5 Å². The molecule has 10 heteroatoms. The minimum absolute atomic E-state index is 0.0477. The van der Waals surface area contributed by atoms with Crippen molar-refractivity contribution in [2.75, 3.05) is 10.5 Å². The molecule has 0 spiro atoms. The fourth-order valence-electron chi connectivity index (χ4n) is 2.38. The summed E-state index contributed by atoms with van der Waals surface area (Å²) in [7, 11) is -3.95. The maximum atomic E-state index is 12.7. The van der Waals surface area contributed by atoms with E-state index >= 15 is 0 Å². The molecule has 0 saturated carbocycles. The Morgan fingerprint density at radius 1 is 1.15 bits per heavy atom. The SMILES string of the molecule is N#Cc1cnn(-c2ccccc2NS(=O)(=O)c2ccc(C(N)=O)cc2)c1N. The van der Waals surface area contributed by atoms with E-state index in [2.05, 4.69) is 9.82 Å². The molecule has 0 radical (unpaired) electrons. The molecule has 0 aliphatic carbocycles. The van der Waals surface area contributed by atoms with Crippen LogP contribution in [0.25, 0.3) is 5.69 Å². The second kappa shape index (κ2) is 6.81. The Kier molecular flexibility index (Phi) is 4.53. The second-order valence-corrected chi connectivity index (χ2v) is 7.16. The fourth-order valence-corrected chi connectivity index (χ4v) is 3.46. The Bertz CT molecular complexity index is 1160. The third-order valence-corrected chi connectivity index (χ3v) is 5.13. The van der Waals surface area contributed by atoms with Gasteiger partial charge in [-0.05, 0) is 36.4 Å². The number of carbonyl (C=O) groups excluding carboxylic acids is 1. The number of nitrogens with zero attached hydrogens (tertiary/aromatic N) is 3. The number of sulfonamides is 1. The van der Waals surface area contributed by atoms with Gasteiger partial charge in [0.25, 0.3) is 10.0 Å². The summed E-state index contributed by atoms with van der Waals surface area (Å²) in [6.07, 6.45) is 1.29. The van der Waals surface area contributed by atoms with Gasteiger partial charge in [-0.1, -0.05) is 12.1 Å². The Morgan fingerprint density at radius 3 is 2.41 bits per heavy atom. The number of primary amides is 1. The minimum atomic E-state index is -3.95. The average Bonchev–Trinajstić information content (AvgIpc) is 3.02. The second-order valence-electron chi connectivity index (χ2n) is 5.48. The molecule has 3 aromatic rings. The van der Waals surface area contributed by atoms with Crippen molar-refractivity contribution in [1.29, 1.82) is 5.26 Å². The zero-order chi connectivity index (χ0) is 19.6. The van der Waals surface area contributed by atoms with E-state index in [9.17, 15) is 13.2 Å². The molecule has 0 atom stereocenters. The fraction of sp³-hybridized carbons (Fsp3) is 0. The molecule has 1 amide bonds. The van der Waals surface area contributed by atoms with Gasteiger partial charge in [-0.3, -0.25) is 9.52 Å². The van der Waals surface area contributed by atoms with Crippen molar-refractivity contribution in [3.05, 3.63) is 65.9 Å². The van der Waals surface area contributed by atoms with Gasteiger partial charge in [0.1, 0.15) is 17.5 Å². The number of para-hydroxylation sites is 2. The predicted molar refractivity (Wildman–Crippen MR) is 98.5 cm³/mol. The lowest BCUT2D eigenvalue weighted by molar-refractivity contribution is 0.1000. The standard InChI is InChI=1S/C17H14N6O3S/c18-9-12-10-21-23(16(12)19)15-4-2-1-3-14(15)22-27(25,26)13-7-5-11(6-8-13)17(20)24/h1-8,10,22H,19H2,(H2,20,24). The number of nitrogen functional groups attached to an aromatic ring is 1. The van der Waals surface area contributed by atoms with Crippen molar-refractivity contribution >= 4 is 27.4 Å². The third-order valence-electron chi connectivity index (χ3n) is 3.75. The van der Waals surface area contributed by atoms with E-state index in [4.69, 9.17) is 16.7 Å². The van der Waals surface area contributed by atoms with Gasteiger partial charge in [0.15, 0.2) is 0 Å². The highest BCUT2D eigenvalue weighted by Gasteiger charge is 2.18. The Balaban J connectivity index is 1.99. The number of amides is 1. The summed E-state index contributed by atoms with van der Waals surface area (Å²) in [4.78, 5) is 11.1. The maximum Gasteiger partial charge on any atom is 0.261 e. The summed E-state index contributed by atoms with van der Waals surface area (Å²) in [5.41, 5.74) is 12.0. The highest BCUT2D eigenvalue weighted by Crippen LogP contribution is 2.26. The van der Waals surface area contributed by atoms with Gasteiger partial charge in [-0.2, -0.15) is 10.4 Å². The number of nitrogens with one attached hydrogen (secondary N) is 1. The normalized spacial score (nSPS) is 10.9. The van der Waals surface area contributed by atoms with Crippen LogP contribution < -0.4 is 16.2 Å². The summed E-state index contributed by atoms with van der Waals surface area (Å²) in [5.74, 6) is -0.560. The first-order valence-electron chi connectivity index (χ1n) is 7.59. The smallest absolute Gasteiger partial charge is 0.261 e. The van der Waals surface area contributed by atoms with Crippen LogP contribution in [-0.4, -0.2) is 24.1 Å². The molecule has 1 aromatic heterocycles. The van der Waals surface area contributed by atoms with Crippen LogP contribution in [-0.2, 0) is 10.0 Å². The molecule has 2 aromatic carbocycles. The van der Waals surface area contributed by atoms with E-state index in [1.807, 2.05) is 6.07 Å². The summed E-state index contributed by atoms with van der Waals surface area (Å²) in [6, 6.07) is 13.6. The largest absolute Gasteiger partial charge is 0.382 e. The number of nitriles is 1. The molecular weight excluding hydrogens is 368 g/mol. The Labute approximate surface area is 154 Å². The molecule has 0 aliphatic rings. The zero-order valence-electron chi connectivity index (χ0n) is 13.8. The van der Waals surface area contributed by atoms with Crippen molar-refractivity contribution in [2.24, 2.45) is 5.73 Å². The molecule has 1 heterocycles. The summed E-state index contributed by atoms with van der Waals surface area (Å²) >= 11 is 0. The number of aromatic nitrogens is 2. The van der Waals surface area contributed by atoms with Crippen molar-refractivity contribution in [3.63, 3.8) is 0 Å². The molecular formula is C17H14N6O3S. The molecule has 0 bridgehead atoms. The summed E-state index contributed by atoms with van der Waals surface area (Å²) < 4.78 is 29.1. The lowest BCUT2D eigenvalue weighted by Crippen LogP contribution is -2.16. The third kappa shape index (κ3) is 3.44. The van der Waals surface area contributed by atoms with Gasteiger partial charge in [0, 0.05) is 5.56 Å². The number of anilines is 2. The van der Waals surface area contributed by atoms with Gasteiger partial charge in [-0.25, -0.2) is 13.1 Å². The van der Waals surface area contributed by atoms with E-state index in [1.54, 1.807) is 18.2 Å². The van der Waals surface area contributed by atoms with Crippen LogP contribution in [0.1, 0.15) is 15.9 Å². The summed E-state index contributed by atoms with van der Waals surface area (Å²) in [6.45, 7) is 0. The van der Waals surface area contributed by atoms with Crippen LogP contribution in [0.5, 0.6) is 0 Å². The van der Waals surface area contributed by atoms with E-state index < -0.39 is 15.9 Å². The van der Waals surface area contributed by atoms with Crippen molar-refractivity contribution < 1.29 is 13.2 Å². The minimum Gasteiger partial charge on any atom is -0.382 e. The lowest BCUT2D eigenvalue weighted by Gasteiger charge is -2.13. The first-order valence-corrected chi connectivity index (χ1v) is 9.07. The number of hydrogen-bond acceptors (Lipinski definition) is 6. The molecule has 0 fully saturated rings. The van der Waals surface area contributed by atoms with Gasteiger partial charge in [0.05, 0.1) is 22.5 Å². The quantitative estimate of drug-likeness (QED) is 0.602. The molecule has 136 valence electrons. The van der Waals surface area contributed by atoms with E-state index in [0.29, 0.717) is 5.69 Å². The lowest BCUT2D eigenvalue weighted by atomic mass is 10.2. The number of nitrogens with two attached hydrogens (primary N) is 2. The van der Waals surface area contributed by atoms with Crippen LogP contribution >= 0.6 is 0 Å². The number of hydrogen-bond donors (Lipinski definition) is 3. The Morgan fingerprint density at radius 2 is 1.81 bits per heavy atom.